The van der Waals surface area contributed by atoms with E-state index < -0.39 is 49.5 Å². The maximum absolute atomic E-state index is 13.0. The molecule has 0 radical (unpaired) electrons. The number of carbonyl (C=O) groups is 1. The van der Waals surface area contributed by atoms with Crippen LogP contribution in [0.4, 0.5) is 0 Å². The first-order chi connectivity index (χ1) is 29.8. The zero-order valence-corrected chi connectivity index (χ0v) is 39.2. The Hall–Kier alpha value is -1.85. The quantitative estimate of drug-likeness (QED) is 0.0262. The Balaban J connectivity index is 2.34. The van der Waals surface area contributed by atoms with E-state index in [4.69, 9.17) is 9.47 Å². The van der Waals surface area contributed by atoms with Gasteiger partial charge in [-0.3, -0.25) is 4.79 Å². The van der Waals surface area contributed by atoms with Crippen molar-refractivity contribution in [1.29, 1.82) is 0 Å². The molecule has 0 aromatic heterocycles. The highest BCUT2D eigenvalue weighted by atomic mass is 16.7. The first kappa shape index (κ1) is 57.2. The molecule has 6 N–H and O–H groups in total. The van der Waals surface area contributed by atoms with E-state index in [1.54, 1.807) is 6.08 Å². The molecule has 0 aromatic rings. The van der Waals surface area contributed by atoms with Gasteiger partial charge in [-0.05, 0) is 64.2 Å². The normalized spacial score (nSPS) is 20.8. The van der Waals surface area contributed by atoms with Crippen LogP contribution in [-0.4, -0.2) is 87.5 Å². The van der Waals surface area contributed by atoms with Crippen LogP contribution in [-0.2, 0) is 14.3 Å². The van der Waals surface area contributed by atoms with Crippen LogP contribution in [0.2, 0.25) is 0 Å². The van der Waals surface area contributed by atoms with Gasteiger partial charge in [-0.1, -0.05) is 197 Å². The van der Waals surface area contributed by atoms with Crippen LogP contribution in [0.15, 0.2) is 48.6 Å². The maximum Gasteiger partial charge on any atom is 0.220 e. The van der Waals surface area contributed by atoms with Crippen LogP contribution in [0.1, 0.15) is 219 Å². The van der Waals surface area contributed by atoms with Crippen molar-refractivity contribution < 1.29 is 39.8 Å². The molecule has 1 aliphatic rings. The molecule has 1 rings (SSSR count). The molecule has 9 heteroatoms. The van der Waals surface area contributed by atoms with E-state index in [1.165, 1.54) is 135 Å². The number of carbonyl (C=O) groups excluding carboxylic acids is 1. The molecule has 9 nitrogen and oxygen atoms in total. The molecular weight excluding hydrogens is 767 g/mol. The summed E-state index contributed by atoms with van der Waals surface area (Å²) in [7, 11) is 0. The van der Waals surface area contributed by atoms with Crippen LogP contribution in [0, 0.1) is 0 Å². The summed E-state index contributed by atoms with van der Waals surface area (Å²) in [4.78, 5) is 13.0. The Morgan fingerprint density at radius 1 is 0.557 bits per heavy atom. The second-order valence-corrected chi connectivity index (χ2v) is 17.6. The predicted molar refractivity (Wildman–Crippen MR) is 253 cm³/mol. The van der Waals surface area contributed by atoms with Gasteiger partial charge in [-0.25, -0.2) is 0 Å². The topological polar surface area (TPSA) is 149 Å². The van der Waals surface area contributed by atoms with Gasteiger partial charge in [0.1, 0.15) is 24.4 Å². The summed E-state index contributed by atoms with van der Waals surface area (Å²) in [5.41, 5.74) is 0. The van der Waals surface area contributed by atoms with Gasteiger partial charge in [0.15, 0.2) is 6.29 Å². The van der Waals surface area contributed by atoms with E-state index in [0.717, 1.165) is 64.2 Å². The van der Waals surface area contributed by atoms with Crippen molar-refractivity contribution >= 4 is 5.91 Å². The fourth-order valence-corrected chi connectivity index (χ4v) is 7.79. The van der Waals surface area contributed by atoms with Crippen molar-refractivity contribution in [3.05, 3.63) is 48.6 Å². The van der Waals surface area contributed by atoms with Crippen LogP contribution < -0.4 is 5.32 Å². The van der Waals surface area contributed by atoms with Crippen molar-refractivity contribution in [3.8, 4) is 0 Å². The lowest BCUT2D eigenvalue weighted by atomic mass is 9.99. The summed E-state index contributed by atoms with van der Waals surface area (Å²) in [5.74, 6) is -0.201. The fraction of sp³-hybridized carbons (Fsp3) is 0.827. The number of unbranched alkanes of at least 4 members (excludes halogenated alkanes) is 26. The molecule has 1 fully saturated rings. The highest BCUT2D eigenvalue weighted by Crippen LogP contribution is 2.23. The molecule has 7 atom stereocenters. The number of amides is 1. The molecule has 7 unspecified atom stereocenters. The van der Waals surface area contributed by atoms with Gasteiger partial charge in [0.25, 0.3) is 0 Å². The summed E-state index contributed by atoms with van der Waals surface area (Å²) in [6.45, 7) is 3.74. The lowest BCUT2D eigenvalue weighted by Crippen LogP contribution is -2.60. The third-order valence-corrected chi connectivity index (χ3v) is 11.9. The molecule has 0 bridgehead atoms. The average molecular weight is 862 g/mol. The monoisotopic (exact) mass is 862 g/mol. The van der Waals surface area contributed by atoms with Crippen LogP contribution in [0.3, 0.4) is 0 Å². The molecule has 0 spiro atoms. The van der Waals surface area contributed by atoms with Crippen molar-refractivity contribution in [3.63, 3.8) is 0 Å². The molecule has 1 amide bonds. The highest BCUT2D eigenvalue weighted by molar-refractivity contribution is 5.76. The minimum Gasteiger partial charge on any atom is -0.394 e. The lowest BCUT2D eigenvalue weighted by molar-refractivity contribution is -0.302. The minimum atomic E-state index is -1.58. The van der Waals surface area contributed by atoms with Gasteiger partial charge in [-0.2, -0.15) is 0 Å². The number of ether oxygens (including phenoxy) is 2. The third-order valence-electron chi connectivity index (χ3n) is 11.9. The van der Waals surface area contributed by atoms with E-state index in [9.17, 15) is 30.3 Å². The number of hydrogen-bond donors (Lipinski definition) is 6. The van der Waals surface area contributed by atoms with Crippen molar-refractivity contribution in [2.45, 2.75) is 262 Å². The van der Waals surface area contributed by atoms with Crippen molar-refractivity contribution in [2.75, 3.05) is 13.2 Å². The maximum atomic E-state index is 13.0. The predicted octanol–water partition coefficient (Wildman–Crippen LogP) is 11.4. The number of hydrogen-bond acceptors (Lipinski definition) is 8. The smallest absolute Gasteiger partial charge is 0.220 e. The van der Waals surface area contributed by atoms with Gasteiger partial charge < -0.3 is 40.3 Å². The zero-order valence-electron chi connectivity index (χ0n) is 39.2. The van der Waals surface area contributed by atoms with Crippen LogP contribution in [0.25, 0.3) is 0 Å². The Morgan fingerprint density at radius 3 is 1.49 bits per heavy atom. The van der Waals surface area contributed by atoms with Gasteiger partial charge in [0.2, 0.25) is 5.91 Å². The van der Waals surface area contributed by atoms with Crippen molar-refractivity contribution in [2.24, 2.45) is 0 Å². The molecule has 1 aliphatic heterocycles. The first-order valence-electron chi connectivity index (χ1n) is 25.4. The molecule has 1 heterocycles. The van der Waals surface area contributed by atoms with E-state index in [-0.39, 0.29) is 12.5 Å². The van der Waals surface area contributed by atoms with E-state index in [0.29, 0.717) is 6.42 Å². The van der Waals surface area contributed by atoms with Gasteiger partial charge in [0, 0.05) is 6.42 Å². The molecule has 0 saturated carbocycles. The van der Waals surface area contributed by atoms with Crippen LogP contribution in [0.5, 0.6) is 0 Å². The van der Waals surface area contributed by atoms with Gasteiger partial charge in [0.05, 0.1) is 25.4 Å². The number of aliphatic hydroxyl groups is 5. The minimum absolute atomic E-state index is 0.201. The van der Waals surface area contributed by atoms with Crippen LogP contribution >= 0.6 is 0 Å². The van der Waals surface area contributed by atoms with Crippen molar-refractivity contribution in [1.82, 2.24) is 5.32 Å². The third kappa shape index (κ3) is 32.5. The molecule has 61 heavy (non-hydrogen) atoms. The molecule has 0 aromatic carbocycles. The Bertz CT molecular complexity index is 1090. The number of allylic oxidation sites excluding steroid dienone is 7. The first-order valence-corrected chi connectivity index (χ1v) is 25.4. The molecule has 356 valence electrons. The SMILES string of the molecule is CCCCCC/C=C\C/C=C\CCCCCCCC(=O)NC(COC1OC(CO)C(O)C(O)C1O)C(O)/C=C/CC/C=C/CCCCCCCCCCCCCCCCCC. The Kier molecular flexibility index (Phi) is 39.5. The summed E-state index contributed by atoms with van der Waals surface area (Å²) < 4.78 is 11.2. The number of nitrogens with one attached hydrogen (secondary N) is 1. The largest absolute Gasteiger partial charge is 0.394 e. The summed E-state index contributed by atoms with van der Waals surface area (Å²) in [6.07, 6.45) is 47.3. The van der Waals surface area contributed by atoms with E-state index in [2.05, 4.69) is 55.6 Å². The van der Waals surface area contributed by atoms with Gasteiger partial charge in [-0.15, -0.1) is 0 Å². The van der Waals surface area contributed by atoms with Gasteiger partial charge >= 0.3 is 0 Å². The Morgan fingerprint density at radius 2 is 0.984 bits per heavy atom. The molecule has 1 saturated heterocycles. The Labute approximate surface area is 373 Å². The second kappa shape index (κ2) is 42.1. The zero-order chi connectivity index (χ0) is 44.4. The van der Waals surface area contributed by atoms with E-state index >= 15 is 0 Å². The number of aliphatic hydroxyl groups excluding tert-OH is 5. The number of rotatable bonds is 42. The molecule has 0 aliphatic carbocycles. The highest BCUT2D eigenvalue weighted by Gasteiger charge is 2.44. The second-order valence-electron chi connectivity index (χ2n) is 17.6. The summed E-state index contributed by atoms with van der Waals surface area (Å²) in [6, 6.07) is -0.829. The van der Waals surface area contributed by atoms with E-state index in [1.807, 2.05) is 6.08 Å². The molecular formula is C52H95NO8. The standard InChI is InChI=1S/C52H95NO8/c1-3-5-7-9-11-13-15-17-19-21-22-23-24-25-26-27-29-31-33-35-37-39-41-46(55)45(44-60-52-51(59)50(58)49(57)47(43-54)61-52)53-48(56)42-40-38-36-34-32-30-28-20-18-16-14-12-10-8-6-4-2/h14,16,20,28,31,33,39,41,45-47,49-52,54-55,57-59H,3-13,15,17-19,21-27,29-30,32,34-38,40,42-44H2,1-2H3,(H,53,56)/b16-14-,28-20-,33-31+,41-39+. The lowest BCUT2D eigenvalue weighted by Gasteiger charge is -2.40. The summed E-state index contributed by atoms with van der Waals surface area (Å²) >= 11 is 0. The average Bonchev–Trinajstić information content (AvgIpc) is 3.26. The summed E-state index contributed by atoms with van der Waals surface area (Å²) in [5, 5.41) is 54.3. The fourth-order valence-electron chi connectivity index (χ4n) is 7.79.